The molecule has 2 aromatic rings. The van der Waals surface area contributed by atoms with Gasteiger partial charge in [-0.1, -0.05) is 12.8 Å². The number of pyridine rings is 1. The third kappa shape index (κ3) is 4.64. The van der Waals surface area contributed by atoms with Crippen molar-refractivity contribution >= 4 is 22.9 Å². The average Bonchev–Trinajstić information content (AvgIpc) is 3.16. The van der Waals surface area contributed by atoms with Gasteiger partial charge in [0.05, 0.1) is 0 Å². The first-order valence-electron chi connectivity index (χ1n) is 10.1. The Bertz CT molecular complexity index is 851. The molecule has 2 saturated carbocycles. The quantitative estimate of drug-likeness (QED) is 0.752. The van der Waals surface area contributed by atoms with Crippen LogP contribution in [0.5, 0.6) is 0 Å². The largest absolute Gasteiger partial charge is 0.353 e. The molecular formula is C20H27N5O2. The van der Waals surface area contributed by atoms with Gasteiger partial charge in [-0.15, -0.1) is 0 Å². The maximum Gasteiger partial charge on any atom is 0.249 e. The molecule has 0 aliphatic heterocycles. The first-order chi connectivity index (χ1) is 13.2. The number of rotatable bonds is 5. The Morgan fingerprint density at radius 3 is 2.59 bits per heavy atom. The van der Waals surface area contributed by atoms with Crippen molar-refractivity contribution in [3.05, 3.63) is 28.7 Å². The van der Waals surface area contributed by atoms with Crippen molar-refractivity contribution in [1.82, 2.24) is 20.3 Å². The molecule has 0 unspecified atom stereocenters. The van der Waals surface area contributed by atoms with E-state index in [0.717, 1.165) is 31.1 Å². The maximum atomic E-state index is 12.2. The number of nitrogens with one attached hydrogen (secondary N) is 3. The molecule has 2 aromatic heterocycles. The molecule has 0 saturated heterocycles. The van der Waals surface area contributed by atoms with E-state index in [1.807, 2.05) is 0 Å². The minimum atomic E-state index is -0.166. The van der Waals surface area contributed by atoms with Gasteiger partial charge >= 0.3 is 0 Å². The summed E-state index contributed by atoms with van der Waals surface area (Å²) in [4.78, 5) is 35.1. The molecule has 7 heteroatoms. The zero-order valence-corrected chi connectivity index (χ0v) is 15.5. The summed E-state index contributed by atoms with van der Waals surface area (Å²) in [7, 11) is 0. The van der Waals surface area contributed by atoms with E-state index >= 15 is 0 Å². The van der Waals surface area contributed by atoms with E-state index in [-0.39, 0.29) is 17.5 Å². The lowest BCUT2D eigenvalue weighted by Gasteiger charge is -2.30. The molecular weight excluding hydrogens is 342 g/mol. The highest BCUT2D eigenvalue weighted by Crippen LogP contribution is 2.28. The molecule has 4 rings (SSSR count). The summed E-state index contributed by atoms with van der Waals surface area (Å²) in [5.41, 5.74) is 0.383. The van der Waals surface area contributed by atoms with Crippen LogP contribution in [0.3, 0.4) is 0 Å². The van der Waals surface area contributed by atoms with Gasteiger partial charge in [0, 0.05) is 36.2 Å². The molecule has 0 bridgehead atoms. The Labute approximate surface area is 158 Å². The van der Waals surface area contributed by atoms with Gasteiger partial charge in [-0.2, -0.15) is 4.98 Å². The van der Waals surface area contributed by atoms with E-state index in [2.05, 4.69) is 25.6 Å². The number of aromatic nitrogens is 3. The van der Waals surface area contributed by atoms with Crippen LogP contribution in [0.2, 0.25) is 0 Å². The van der Waals surface area contributed by atoms with Crippen LogP contribution in [0.1, 0.15) is 57.8 Å². The smallest absolute Gasteiger partial charge is 0.249 e. The van der Waals surface area contributed by atoms with Gasteiger partial charge in [0.15, 0.2) is 0 Å². The fourth-order valence-electron chi connectivity index (χ4n) is 4.33. The van der Waals surface area contributed by atoms with E-state index in [9.17, 15) is 9.59 Å². The number of nitrogens with zero attached hydrogens (tertiary/aromatic N) is 2. The Balaban J connectivity index is 1.26. The Morgan fingerprint density at radius 1 is 1.07 bits per heavy atom. The van der Waals surface area contributed by atoms with E-state index in [1.165, 1.54) is 31.7 Å². The van der Waals surface area contributed by atoms with Gasteiger partial charge in [0.25, 0.3) is 0 Å². The molecule has 1 amide bonds. The normalized spacial score (nSPS) is 23.4. The summed E-state index contributed by atoms with van der Waals surface area (Å²) < 4.78 is 0. The molecule has 2 heterocycles. The van der Waals surface area contributed by atoms with E-state index in [1.54, 1.807) is 12.3 Å². The van der Waals surface area contributed by atoms with E-state index in [0.29, 0.717) is 30.0 Å². The topological polar surface area (TPSA) is 99.8 Å². The number of hydrogen-bond acceptors (Lipinski definition) is 5. The number of aromatic amines is 1. The zero-order valence-electron chi connectivity index (χ0n) is 15.5. The van der Waals surface area contributed by atoms with Gasteiger partial charge in [-0.25, -0.2) is 4.98 Å². The standard InChI is InChI=1S/C20H27N5O2/c26-17-10-5-14-12-21-20(25-19(14)24-17)23-16-8-6-15(7-9-16)22-18(27)11-13-3-1-2-4-13/h5,10,12-13,15-16H,1-4,6-9,11H2,(H,22,27)(H2,21,23,24,25,26). The molecule has 2 aliphatic rings. The maximum absolute atomic E-state index is 12.2. The summed E-state index contributed by atoms with van der Waals surface area (Å²) in [5.74, 6) is 1.36. The van der Waals surface area contributed by atoms with Crippen LogP contribution in [0, 0.1) is 5.92 Å². The number of carbonyl (C=O) groups excluding carboxylic acids is 1. The monoisotopic (exact) mass is 369 g/mol. The summed E-state index contributed by atoms with van der Waals surface area (Å²) >= 11 is 0. The Hall–Kier alpha value is -2.44. The highest BCUT2D eigenvalue weighted by atomic mass is 16.1. The summed E-state index contributed by atoms with van der Waals surface area (Å²) in [6.45, 7) is 0. The zero-order chi connectivity index (χ0) is 18.6. The highest BCUT2D eigenvalue weighted by Gasteiger charge is 2.24. The van der Waals surface area contributed by atoms with E-state index in [4.69, 9.17) is 0 Å². The summed E-state index contributed by atoms with van der Waals surface area (Å²) in [6.07, 6.45) is 11.3. The SMILES string of the molecule is O=C(CC1CCCC1)NC1CCC(Nc2ncc3ccc(=O)[nH]c3n2)CC1. The summed E-state index contributed by atoms with van der Waals surface area (Å²) in [5, 5.41) is 7.40. The van der Waals surface area contributed by atoms with Crippen molar-refractivity contribution in [2.75, 3.05) is 5.32 Å². The van der Waals surface area contributed by atoms with Crippen LogP contribution in [0.25, 0.3) is 11.0 Å². The van der Waals surface area contributed by atoms with Crippen LogP contribution in [0.4, 0.5) is 5.95 Å². The van der Waals surface area contributed by atoms with Gasteiger partial charge in [-0.05, 0) is 50.5 Å². The number of amides is 1. The lowest BCUT2D eigenvalue weighted by atomic mass is 9.91. The van der Waals surface area contributed by atoms with Crippen molar-refractivity contribution in [3.8, 4) is 0 Å². The van der Waals surface area contributed by atoms with Crippen molar-refractivity contribution in [1.29, 1.82) is 0 Å². The third-order valence-electron chi connectivity index (χ3n) is 5.85. The number of carbonyl (C=O) groups is 1. The second-order valence-electron chi connectivity index (χ2n) is 7.94. The predicted octanol–water partition coefficient (Wildman–Crippen LogP) is 2.74. The lowest BCUT2D eigenvalue weighted by Crippen LogP contribution is -2.40. The molecule has 27 heavy (non-hydrogen) atoms. The molecule has 2 aliphatic carbocycles. The molecule has 7 nitrogen and oxygen atoms in total. The molecule has 0 radical (unpaired) electrons. The predicted molar refractivity (Wildman–Crippen MR) is 105 cm³/mol. The van der Waals surface area contributed by atoms with Crippen LogP contribution >= 0.6 is 0 Å². The average molecular weight is 369 g/mol. The fraction of sp³-hybridized carbons (Fsp3) is 0.600. The van der Waals surface area contributed by atoms with Crippen LogP contribution in [-0.2, 0) is 4.79 Å². The highest BCUT2D eigenvalue weighted by molar-refractivity contribution is 5.76. The fourth-order valence-corrected chi connectivity index (χ4v) is 4.33. The minimum Gasteiger partial charge on any atom is -0.353 e. The summed E-state index contributed by atoms with van der Waals surface area (Å²) in [6, 6.07) is 3.77. The third-order valence-corrected chi connectivity index (χ3v) is 5.85. The first kappa shape index (κ1) is 17.9. The van der Waals surface area contributed by atoms with Gasteiger partial charge in [0.1, 0.15) is 5.65 Å². The van der Waals surface area contributed by atoms with Gasteiger partial charge < -0.3 is 15.6 Å². The first-order valence-corrected chi connectivity index (χ1v) is 10.1. The molecule has 3 N–H and O–H groups in total. The van der Waals surface area contributed by atoms with Crippen LogP contribution in [-0.4, -0.2) is 32.9 Å². The number of hydrogen-bond donors (Lipinski definition) is 3. The molecule has 144 valence electrons. The minimum absolute atomic E-state index is 0.166. The van der Waals surface area contributed by atoms with Crippen molar-refractivity contribution < 1.29 is 4.79 Å². The Morgan fingerprint density at radius 2 is 1.81 bits per heavy atom. The number of H-pyrrole nitrogens is 1. The second kappa shape index (κ2) is 8.06. The van der Waals surface area contributed by atoms with Crippen molar-refractivity contribution in [2.45, 2.75) is 69.9 Å². The van der Waals surface area contributed by atoms with Crippen LogP contribution in [0.15, 0.2) is 23.1 Å². The molecule has 0 atom stereocenters. The molecule has 2 fully saturated rings. The lowest BCUT2D eigenvalue weighted by molar-refractivity contribution is -0.122. The molecule has 0 spiro atoms. The van der Waals surface area contributed by atoms with Crippen molar-refractivity contribution in [3.63, 3.8) is 0 Å². The van der Waals surface area contributed by atoms with Gasteiger partial charge in [-0.3, -0.25) is 9.59 Å². The van der Waals surface area contributed by atoms with E-state index < -0.39 is 0 Å². The van der Waals surface area contributed by atoms with Crippen LogP contribution < -0.4 is 16.2 Å². The number of fused-ring (bicyclic) bond motifs is 1. The Kier molecular flexibility index (Phi) is 5.36. The second-order valence-corrected chi connectivity index (χ2v) is 7.94. The number of anilines is 1. The molecule has 0 aromatic carbocycles. The van der Waals surface area contributed by atoms with Crippen molar-refractivity contribution in [2.24, 2.45) is 5.92 Å². The van der Waals surface area contributed by atoms with Gasteiger partial charge in [0.2, 0.25) is 17.4 Å².